The maximum Gasteiger partial charge on any atom is 0.309 e. The topological polar surface area (TPSA) is 53.3 Å². The van der Waals surface area contributed by atoms with Crippen LogP contribution in [0.3, 0.4) is 0 Å². The van der Waals surface area contributed by atoms with Crippen molar-refractivity contribution in [2.75, 3.05) is 19.8 Å². The third-order valence-electron chi connectivity index (χ3n) is 4.34. The Balaban J connectivity index is 1.72. The maximum absolute atomic E-state index is 11.9. The van der Waals surface area contributed by atoms with Gasteiger partial charge in [-0.05, 0) is 44.6 Å². The molecule has 2 aliphatic rings. The van der Waals surface area contributed by atoms with E-state index in [9.17, 15) is 4.79 Å². The molecule has 20 heavy (non-hydrogen) atoms. The second-order valence-electron chi connectivity index (χ2n) is 5.60. The van der Waals surface area contributed by atoms with Crippen LogP contribution in [0.2, 0.25) is 0 Å². The van der Waals surface area contributed by atoms with Crippen LogP contribution >= 0.6 is 0 Å². The van der Waals surface area contributed by atoms with Crippen molar-refractivity contribution in [1.82, 2.24) is 9.78 Å². The summed E-state index contributed by atoms with van der Waals surface area (Å²) in [6, 6.07) is 0.464. The third-order valence-corrected chi connectivity index (χ3v) is 4.34. The molecule has 1 saturated heterocycles. The van der Waals surface area contributed by atoms with Gasteiger partial charge in [0, 0.05) is 18.9 Å². The standard InChI is InChI=1S/C15H22N2O3/c1-2-20-15(18)11-3-4-14-12(9-11)10-16-17(14)13-5-7-19-8-6-13/h10-11,13H,2-9H2,1H3. The van der Waals surface area contributed by atoms with Crippen molar-refractivity contribution in [2.45, 2.75) is 45.1 Å². The van der Waals surface area contributed by atoms with Crippen LogP contribution in [0.5, 0.6) is 0 Å². The molecule has 1 aliphatic carbocycles. The Morgan fingerprint density at radius 1 is 1.45 bits per heavy atom. The molecule has 0 N–H and O–H groups in total. The highest BCUT2D eigenvalue weighted by atomic mass is 16.5. The van der Waals surface area contributed by atoms with Crippen LogP contribution in [0.4, 0.5) is 0 Å². The summed E-state index contributed by atoms with van der Waals surface area (Å²) in [6.07, 6.45) is 6.59. The van der Waals surface area contributed by atoms with E-state index in [1.165, 1.54) is 11.3 Å². The van der Waals surface area contributed by atoms with Gasteiger partial charge in [-0.15, -0.1) is 0 Å². The normalized spacial score (nSPS) is 23.4. The molecule has 0 amide bonds. The van der Waals surface area contributed by atoms with Gasteiger partial charge in [0.05, 0.1) is 24.8 Å². The molecule has 1 unspecified atom stereocenters. The predicted octanol–water partition coefficient (Wildman–Crippen LogP) is 1.90. The fraction of sp³-hybridized carbons (Fsp3) is 0.733. The van der Waals surface area contributed by atoms with Gasteiger partial charge in [-0.3, -0.25) is 9.48 Å². The Hall–Kier alpha value is -1.36. The minimum absolute atomic E-state index is 0.00906. The van der Waals surface area contributed by atoms with E-state index in [0.717, 1.165) is 45.3 Å². The summed E-state index contributed by atoms with van der Waals surface area (Å²) in [5, 5.41) is 4.57. The molecule has 1 fully saturated rings. The second kappa shape index (κ2) is 5.95. The second-order valence-corrected chi connectivity index (χ2v) is 5.60. The Labute approximate surface area is 119 Å². The van der Waals surface area contributed by atoms with Gasteiger partial charge in [0.1, 0.15) is 0 Å². The van der Waals surface area contributed by atoms with Gasteiger partial charge >= 0.3 is 5.97 Å². The molecule has 1 aromatic heterocycles. The molecule has 0 aromatic carbocycles. The molecular weight excluding hydrogens is 256 g/mol. The van der Waals surface area contributed by atoms with Gasteiger partial charge in [-0.1, -0.05) is 0 Å². The smallest absolute Gasteiger partial charge is 0.309 e. The summed E-state index contributed by atoms with van der Waals surface area (Å²) in [7, 11) is 0. The number of carbonyl (C=O) groups excluding carboxylic acids is 1. The third kappa shape index (κ3) is 2.59. The number of hydrogen-bond donors (Lipinski definition) is 0. The van der Waals surface area contributed by atoms with Crippen molar-refractivity contribution in [3.8, 4) is 0 Å². The van der Waals surface area contributed by atoms with Gasteiger partial charge < -0.3 is 9.47 Å². The zero-order valence-corrected chi connectivity index (χ0v) is 12.0. The van der Waals surface area contributed by atoms with E-state index in [2.05, 4.69) is 9.78 Å². The number of carbonyl (C=O) groups is 1. The number of hydrogen-bond acceptors (Lipinski definition) is 4. The first kappa shape index (κ1) is 13.6. The summed E-state index contributed by atoms with van der Waals surface area (Å²) in [6.45, 7) is 3.97. The molecule has 3 rings (SSSR count). The lowest BCUT2D eigenvalue weighted by Crippen LogP contribution is -2.27. The van der Waals surface area contributed by atoms with Crippen LogP contribution < -0.4 is 0 Å². The number of ether oxygens (including phenoxy) is 2. The molecule has 1 aliphatic heterocycles. The summed E-state index contributed by atoms with van der Waals surface area (Å²) < 4.78 is 12.7. The van der Waals surface area contributed by atoms with Crippen LogP contribution in [-0.4, -0.2) is 35.6 Å². The van der Waals surface area contributed by atoms with E-state index < -0.39 is 0 Å². The highest BCUT2D eigenvalue weighted by Gasteiger charge is 2.30. The first-order valence-corrected chi connectivity index (χ1v) is 7.59. The van der Waals surface area contributed by atoms with Gasteiger partial charge in [0.25, 0.3) is 0 Å². The van der Waals surface area contributed by atoms with Crippen molar-refractivity contribution in [3.05, 3.63) is 17.5 Å². The Morgan fingerprint density at radius 3 is 3.00 bits per heavy atom. The van der Waals surface area contributed by atoms with E-state index in [4.69, 9.17) is 9.47 Å². The molecule has 1 aromatic rings. The van der Waals surface area contributed by atoms with Crippen molar-refractivity contribution in [2.24, 2.45) is 5.92 Å². The highest BCUT2D eigenvalue weighted by Crippen LogP contribution is 2.30. The molecule has 0 radical (unpaired) electrons. The molecule has 0 saturated carbocycles. The van der Waals surface area contributed by atoms with Crippen molar-refractivity contribution in [3.63, 3.8) is 0 Å². The first-order chi connectivity index (χ1) is 9.79. The van der Waals surface area contributed by atoms with Crippen LogP contribution in [0, 0.1) is 5.92 Å². The van der Waals surface area contributed by atoms with E-state index in [-0.39, 0.29) is 11.9 Å². The molecule has 2 heterocycles. The zero-order valence-electron chi connectivity index (χ0n) is 12.0. The van der Waals surface area contributed by atoms with Crippen LogP contribution in [-0.2, 0) is 27.1 Å². The molecule has 0 bridgehead atoms. The molecule has 0 spiro atoms. The zero-order chi connectivity index (χ0) is 13.9. The number of fused-ring (bicyclic) bond motifs is 1. The number of rotatable bonds is 3. The van der Waals surface area contributed by atoms with Gasteiger partial charge in [0.2, 0.25) is 0 Å². The highest BCUT2D eigenvalue weighted by molar-refractivity contribution is 5.73. The van der Waals surface area contributed by atoms with Gasteiger partial charge in [0.15, 0.2) is 0 Å². The molecule has 5 nitrogen and oxygen atoms in total. The Kier molecular flexibility index (Phi) is 4.05. The summed E-state index contributed by atoms with van der Waals surface area (Å²) >= 11 is 0. The fourth-order valence-electron chi connectivity index (χ4n) is 3.25. The average Bonchev–Trinajstić information content (AvgIpc) is 2.91. The maximum atomic E-state index is 11.9. The number of aromatic nitrogens is 2. The van der Waals surface area contributed by atoms with Gasteiger partial charge in [-0.2, -0.15) is 5.10 Å². The van der Waals surface area contributed by atoms with Crippen LogP contribution in [0.15, 0.2) is 6.20 Å². The van der Waals surface area contributed by atoms with E-state index in [1.54, 1.807) is 0 Å². The van der Waals surface area contributed by atoms with Crippen LogP contribution in [0.1, 0.15) is 43.5 Å². The minimum atomic E-state index is -0.0584. The number of esters is 1. The van der Waals surface area contributed by atoms with E-state index in [1.807, 2.05) is 13.1 Å². The van der Waals surface area contributed by atoms with Crippen molar-refractivity contribution >= 4 is 5.97 Å². The Bertz CT molecular complexity index is 477. The molecular formula is C15H22N2O3. The minimum Gasteiger partial charge on any atom is -0.466 e. The van der Waals surface area contributed by atoms with E-state index >= 15 is 0 Å². The lowest BCUT2D eigenvalue weighted by atomic mass is 9.87. The predicted molar refractivity (Wildman–Crippen MR) is 73.5 cm³/mol. The fourth-order valence-corrected chi connectivity index (χ4v) is 3.25. The SMILES string of the molecule is CCOC(=O)C1CCc2c(cnn2C2CCOCC2)C1. The average molecular weight is 278 g/mol. The van der Waals surface area contributed by atoms with Crippen molar-refractivity contribution in [1.29, 1.82) is 0 Å². The molecule has 1 atom stereocenters. The monoisotopic (exact) mass is 278 g/mol. The van der Waals surface area contributed by atoms with Crippen LogP contribution in [0.25, 0.3) is 0 Å². The Morgan fingerprint density at radius 2 is 2.25 bits per heavy atom. The quantitative estimate of drug-likeness (QED) is 0.792. The molecule has 110 valence electrons. The first-order valence-electron chi connectivity index (χ1n) is 7.59. The largest absolute Gasteiger partial charge is 0.466 e. The number of nitrogens with zero attached hydrogens (tertiary/aromatic N) is 2. The lowest BCUT2D eigenvalue weighted by Gasteiger charge is -2.27. The summed E-state index contributed by atoms with van der Waals surface area (Å²) in [5.41, 5.74) is 2.54. The summed E-state index contributed by atoms with van der Waals surface area (Å²) in [5.74, 6) is -0.0493. The summed E-state index contributed by atoms with van der Waals surface area (Å²) in [4.78, 5) is 11.9. The van der Waals surface area contributed by atoms with E-state index in [0.29, 0.717) is 12.6 Å². The van der Waals surface area contributed by atoms with Gasteiger partial charge in [-0.25, -0.2) is 0 Å². The van der Waals surface area contributed by atoms with Crippen molar-refractivity contribution < 1.29 is 14.3 Å². The lowest BCUT2D eigenvalue weighted by molar-refractivity contribution is -0.148. The molecule has 5 heteroatoms.